The van der Waals surface area contributed by atoms with E-state index >= 15 is 0 Å². The normalized spacial score (nSPS) is 41.6. The average molecular weight is 376 g/mol. The fourth-order valence-electron chi connectivity index (χ4n) is 6.48. The molecule has 4 aliphatic rings. The van der Waals surface area contributed by atoms with Gasteiger partial charge in [0.2, 0.25) is 0 Å². The maximum Gasteiger partial charge on any atom is 0.0804 e. The van der Waals surface area contributed by atoms with Crippen molar-refractivity contribution in [2.75, 3.05) is 0 Å². The van der Waals surface area contributed by atoms with Crippen LogP contribution in [-0.2, 0) is 5.41 Å². The van der Waals surface area contributed by atoms with Gasteiger partial charge in [0.05, 0.1) is 17.0 Å². The van der Waals surface area contributed by atoms with E-state index < -0.39 is 11.0 Å². The van der Waals surface area contributed by atoms with E-state index in [4.69, 9.17) is 0 Å². The van der Waals surface area contributed by atoms with Crippen molar-refractivity contribution >= 4 is 11.4 Å². The van der Waals surface area contributed by atoms with E-state index in [9.17, 15) is 15.5 Å². The molecule has 0 radical (unpaired) electrons. The van der Waals surface area contributed by atoms with Crippen LogP contribution in [-0.4, -0.2) is 32.5 Å². The highest BCUT2D eigenvalue weighted by Crippen LogP contribution is 2.67. The first-order chi connectivity index (χ1) is 13.5. The van der Waals surface area contributed by atoms with Gasteiger partial charge in [0.25, 0.3) is 0 Å². The van der Waals surface area contributed by atoms with Gasteiger partial charge in [0.15, 0.2) is 0 Å². The van der Waals surface area contributed by atoms with E-state index in [0.29, 0.717) is 24.3 Å². The molecular weight excluding hydrogens is 352 g/mol. The Kier molecular flexibility index (Phi) is 3.68. The highest BCUT2D eigenvalue weighted by Gasteiger charge is 2.71. The molecule has 2 aromatic carbocycles. The van der Waals surface area contributed by atoms with Gasteiger partial charge in [-0.15, -0.1) is 0 Å². The number of benzene rings is 2. The van der Waals surface area contributed by atoms with Gasteiger partial charge >= 0.3 is 0 Å². The van der Waals surface area contributed by atoms with Gasteiger partial charge in [-0.25, -0.2) is 0 Å². The van der Waals surface area contributed by atoms with Crippen LogP contribution in [0.4, 0.5) is 0 Å². The van der Waals surface area contributed by atoms with Crippen molar-refractivity contribution in [2.24, 2.45) is 28.1 Å². The van der Waals surface area contributed by atoms with E-state index in [0.717, 1.165) is 11.1 Å². The molecule has 0 saturated heterocycles. The summed E-state index contributed by atoms with van der Waals surface area (Å²) in [6.07, 6.45) is 1.28. The Balaban J connectivity index is 1.76. The lowest BCUT2D eigenvalue weighted by atomic mass is 9.37. The third-order valence-electron chi connectivity index (χ3n) is 7.64. The molecule has 4 aliphatic carbocycles. The molecule has 5 nitrogen and oxygen atoms in total. The second-order valence-corrected chi connectivity index (χ2v) is 8.63. The molecule has 5 heteroatoms. The molecule has 4 saturated carbocycles. The first kappa shape index (κ1) is 17.4. The molecule has 0 aromatic heterocycles. The van der Waals surface area contributed by atoms with Gasteiger partial charge in [-0.05, 0) is 30.9 Å². The molecule has 0 aliphatic heterocycles. The van der Waals surface area contributed by atoms with Crippen molar-refractivity contribution in [1.29, 1.82) is 0 Å². The van der Waals surface area contributed by atoms with E-state index in [1.807, 2.05) is 55.5 Å². The molecule has 0 spiro atoms. The lowest BCUT2D eigenvalue weighted by Gasteiger charge is -2.67. The second kappa shape index (κ2) is 5.92. The van der Waals surface area contributed by atoms with Crippen LogP contribution in [0.15, 0.2) is 71.0 Å². The summed E-state index contributed by atoms with van der Waals surface area (Å²) in [5.41, 5.74) is 1.82. The second-order valence-electron chi connectivity index (χ2n) is 8.63. The van der Waals surface area contributed by atoms with Crippen molar-refractivity contribution in [3.8, 4) is 0 Å². The molecule has 5 unspecified atom stereocenters. The van der Waals surface area contributed by atoms with Crippen molar-refractivity contribution in [2.45, 2.75) is 36.7 Å². The van der Waals surface area contributed by atoms with E-state index in [1.54, 1.807) is 0 Å². The van der Waals surface area contributed by atoms with Crippen LogP contribution >= 0.6 is 0 Å². The smallest absolute Gasteiger partial charge is 0.0804 e. The van der Waals surface area contributed by atoms with E-state index in [-0.39, 0.29) is 23.7 Å². The van der Waals surface area contributed by atoms with Gasteiger partial charge in [0.1, 0.15) is 0 Å². The van der Waals surface area contributed by atoms with Crippen molar-refractivity contribution in [1.82, 2.24) is 0 Å². The predicted molar refractivity (Wildman–Crippen MR) is 106 cm³/mol. The van der Waals surface area contributed by atoms with Crippen LogP contribution in [0.3, 0.4) is 0 Å². The van der Waals surface area contributed by atoms with E-state index in [1.165, 1.54) is 0 Å². The molecule has 4 fully saturated rings. The van der Waals surface area contributed by atoms with Crippen LogP contribution in [0.2, 0.25) is 0 Å². The Morgan fingerprint density at radius 1 is 0.857 bits per heavy atom. The van der Waals surface area contributed by atoms with Crippen LogP contribution in [0.25, 0.3) is 0 Å². The van der Waals surface area contributed by atoms with Crippen LogP contribution in [0, 0.1) is 17.8 Å². The monoisotopic (exact) mass is 376 g/mol. The van der Waals surface area contributed by atoms with Crippen molar-refractivity contribution < 1.29 is 15.5 Å². The van der Waals surface area contributed by atoms with Crippen LogP contribution in [0.1, 0.15) is 36.8 Å². The predicted octanol–water partition coefficient (Wildman–Crippen LogP) is 3.79. The zero-order valence-electron chi connectivity index (χ0n) is 15.7. The number of hydrogen-bond acceptors (Lipinski definition) is 5. The average Bonchev–Trinajstić information content (AvgIpc) is 2.72. The third-order valence-corrected chi connectivity index (χ3v) is 7.64. The molecule has 0 heterocycles. The zero-order chi connectivity index (χ0) is 19.5. The standard InChI is InChI=1S/C23H24N2O3/c1-22(26)19-18(14-8-4-2-5-9-14)16-12-23(22,15-10-6-3-7-11-15)13-17(20(16)24-27)21(19)25-28/h2-11,16-19,26-28H,12-13H2,1H3/b24-20-,25-21+/t16?,17?,18?,19?,22-,23?/m1/s1. The number of hydrogen-bond donors (Lipinski definition) is 3. The van der Waals surface area contributed by atoms with Crippen LogP contribution in [0.5, 0.6) is 0 Å². The minimum atomic E-state index is -1.09. The minimum absolute atomic E-state index is 0.0120. The molecule has 144 valence electrons. The molecule has 0 amide bonds. The van der Waals surface area contributed by atoms with Crippen molar-refractivity contribution in [3.05, 3.63) is 71.8 Å². The van der Waals surface area contributed by atoms with Crippen LogP contribution < -0.4 is 0 Å². The minimum Gasteiger partial charge on any atom is -0.411 e. The van der Waals surface area contributed by atoms with Gasteiger partial charge in [-0.3, -0.25) is 0 Å². The fraction of sp³-hybridized carbons (Fsp3) is 0.391. The summed E-state index contributed by atoms with van der Waals surface area (Å²) >= 11 is 0. The van der Waals surface area contributed by atoms with E-state index in [2.05, 4.69) is 22.4 Å². The summed E-state index contributed by atoms with van der Waals surface area (Å²) in [7, 11) is 0. The maximum atomic E-state index is 12.0. The molecule has 2 aromatic rings. The summed E-state index contributed by atoms with van der Waals surface area (Å²) < 4.78 is 0. The third kappa shape index (κ3) is 2.00. The largest absolute Gasteiger partial charge is 0.411 e. The first-order valence-corrected chi connectivity index (χ1v) is 9.81. The lowest BCUT2D eigenvalue weighted by Crippen LogP contribution is -2.73. The Hall–Kier alpha value is -2.66. The summed E-state index contributed by atoms with van der Waals surface area (Å²) in [6.45, 7) is 1.89. The number of aliphatic hydroxyl groups is 1. The fourth-order valence-corrected chi connectivity index (χ4v) is 6.48. The highest BCUT2D eigenvalue weighted by atomic mass is 16.4. The Morgan fingerprint density at radius 2 is 1.46 bits per heavy atom. The molecule has 6 rings (SSSR count). The topological polar surface area (TPSA) is 85.4 Å². The highest BCUT2D eigenvalue weighted by molar-refractivity contribution is 6.14. The Morgan fingerprint density at radius 3 is 2.07 bits per heavy atom. The van der Waals surface area contributed by atoms with Gasteiger partial charge in [-0.1, -0.05) is 71.0 Å². The Labute approximate surface area is 164 Å². The summed E-state index contributed by atoms with van der Waals surface area (Å²) in [4.78, 5) is 0. The number of rotatable bonds is 2. The summed E-state index contributed by atoms with van der Waals surface area (Å²) in [6, 6.07) is 20.1. The quantitative estimate of drug-likeness (QED) is 0.551. The molecule has 3 N–H and O–H groups in total. The molecular formula is C23H24N2O3. The summed E-state index contributed by atoms with van der Waals surface area (Å²) in [5, 5.41) is 39.1. The maximum absolute atomic E-state index is 12.0. The number of nitrogens with zero attached hydrogens (tertiary/aromatic N) is 2. The number of oxime groups is 2. The van der Waals surface area contributed by atoms with Gasteiger partial charge < -0.3 is 15.5 Å². The zero-order valence-corrected chi connectivity index (χ0v) is 15.7. The Bertz CT molecular complexity index is 954. The summed E-state index contributed by atoms with van der Waals surface area (Å²) in [5.74, 6) is -0.703. The lowest BCUT2D eigenvalue weighted by molar-refractivity contribution is -0.121. The van der Waals surface area contributed by atoms with Gasteiger partial charge in [-0.2, -0.15) is 0 Å². The van der Waals surface area contributed by atoms with Gasteiger partial charge in [0, 0.05) is 29.1 Å². The SMILES string of the molecule is C[C@@]1(O)C2/C(=N/O)C3CC1(c1ccccc1)CC(/C3=N/O)C2c1ccccc1. The molecule has 6 atom stereocenters. The van der Waals surface area contributed by atoms with Crippen molar-refractivity contribution in [3.63, 3.8) is 0 Å². The molecule has 4 bridgehead atoms. The molecule has 28 heavy (non-hydrogen) atoms. The first-order valence-electron chi connectivity index (χ1n) is 9.81.